The number of aryl methyl sites for hydroxylation is 1. The first-order valence-corrected chi connectivity index (χ1v) is 11.4. The van der Waals surface area contributed by atoms with Gasteiger partial charge in [-0.3, -0.25) is 19.6 Å². The first-order valence-electron chi connectivity index (χ1n) is 11.4. The third-order valence-corrected chi connectivity index (χ3v) is 6.12. The predicted octanol–water partition coefficient (Wildman–Crippen LogP) is 4.11. The number of ether oxygens (including phenoxy) is 1. The Bertz CT molecular complexity index is 1220. The van der Waals surface area contributed by atoms with E-state index in [-0.39, 0.29) is 37.2 Å². The van der Waals surface area contributed by atoms with E-state index in [9.17, 15) is 14.4 Å². The number of benzene rings is 2. The van der Waals surface area contributed by atoms with Crippen LogP contribution in [0.4, 0.5) is 10.6 Å². The Kier molecular flexibility index (Phi) is 6.86. The molecule has 0 fully saturated rings. The number of carboxylic acid groups (broad SMARTS) is 1. The minimum Gasteiger partial charge on any atom is -0.481 e. The molecular weight excluding hydrogens is 448 g/mol. The number of aromatic nitrogens is 2. The zero-order valence-corrected chi connectivity index (χ0v) is 19.9. The topological polar surface area (TPSA) is 114 Å². The van der Waals surface area contributed by atoms with Gasteiger partial charge in [-0.25, -0.2) is 4.79 Å². The number of carbonyl (C=O) groups is 3. The number of nitrogens with zero attached hydrogens (tertiary/aromatic N) is 3. The van der Waals surface area contributed by atoms with Gasteiger partial charge >= 0.3 is 12.1 Å². The van der Waals surface area contributed by atoms with E-state index in [0.29, 0.717) is 5.82 Å². The monoisotopic (exact) mass is 476 g/mol. The Hall–Kier alpha value is -4.14. The van der Waals surface area contributed by atoms with Gasteiger partial charge in [0, 0.05) is 31.6 Å². The highest BCUT2D eigenvalue weighted by Gasteiger charge is 2.29. The van der Waals surface area contributed by atoms with Gasteiger partial charge in [-0.1, -0.05) is 48.5 Å². The summed E-state index contributed by atoms with van der Waals surface area (Å²) < 4.78 is 6.95. The molecule has 35 heavy (non-hydrogen) atoms. The number of anilines is 1. The van der Waals surface area contributed by atoms with Crippen molar-refractivity contribution in [2.75, 3.05) is 18.5 Å². The van der Waals surface area contributed by atoms with Gasteiger partial charge in [-0.2, -0.15) is 5.10 Å². The largest absolute Gasteiger partial charge is 0.481 e. The van der Waals surface area contributed by atoms with Crippen molar-refractivity contribution in [2.24, 2.45) is 7.05 Å². The second kappa shape index (κ2) is 10.0. The highest BCUT2D eigenvalue weighted by atomic mass is 16.5. The van der Waals surface area contributed by atoms with Crippen LogP contribution >= 0.6 is 0 Å². The number of nitrogens with one attached hydrogen (secondary N) is 1. The number of carboxylic acids is 1. The van der Waals surface area contributed by atoms with Crippen LogP contribution in [0.25, 0.3) is 11.1 Å². The third kappa shape index (κ3) is 5.03. The number of rotatable bonds is 8. The molecule has 1 aliphatic rings. The molecule has 2 amide bonds. The Balaban J connectivity index is 1.42. The number of aliphatic carboxylic acids is 1. The molecule has 0 spiro atoms. The molecule has 1 aliphatic carbocycles. The van der Waals surface area contributed by atoms with Crippen molar-refractivity contribution in [1.29, 1.82) is 0 Å². The molecule has 2 aromatic carbocycles. The van der Waals surface area contributed by atoms with Gasteiger partial charge < -0.3 is 14.7 Å². The fourth-order valence-electron chi connectivity index (χ4n) is 4.39. The lowest BCUT2D eigenvalue weighted by Crippen LogP contribution is -2.38. The predicted molar refractivity (Wildman–Crippen MR) is 130 cm³/mol. The summed E-state index contributed by atoms with van der Waals surface area (Å²) in [4.78, 5) is 37.9. The van der Waals surface area contributed by atoms with E-state index in [0.717, 1.165) is 22.3 Å². The molecule has 0 aliphatic heterocycles. The normalized spacial score (nSPS) is 12.2. The maximum Gasteiger partial charge on any atom is 0.412 e. The first-order chi connectivity index (χ1) is 16.8. The molecule has 4 rings (SSSR count). The highest BCUT2D eigenvalue weighted by Crippen LogP contribution is 2.44. The number of hydrogen-bond donors (Lipinski definition) is 2. The number of amides is 2. The lowest BCUT2D eigenvalue weighted by atomic mass is 9.98. The maximum atomic E-state index is 12.9. The average molecular weight is 477 g/mol. The molecule has 9 nitrogen and oxygen atoms in total. The molecule has 182 valence electrons. The molecule has 0 atom stereocenters. The number of fused-ring (bicyclic) bond motifs is 3. The van der Waals surface area contributed by atoms with E-state index in [2.05, 4.69) is 22.5 Å². The second-order valence-electron chi connectivity index (χ2n) is 8.73. The summed E-state index contributed by atoms with van der Waals surface area (Å²) in [6.07, 6.45) is -0.817. The lowest BCUT2D eigenvalue weighted by Gasteiger charge is -2.25. The van der Waals surface area contributed by atoms with Crippen LogP contribution in [0.15, 0.2) is 54.6 Å². The standard InChI is InChI=1S/C26H28N4O5/c1-16(2)30(13-12-24(31)32)25(33)22-14-23(29(3)28-22)27-26(34)35-15-21-19-10-6-4-8-17(19)18-9-5-7-11-20(18)21/h4-11,14,16,21H,12-13,15H2,1-3H3,(H,27,34)(H,31,32). The van der Waals surface area contributed by atoms with Gasteiger partial charge in [0.2, 0.25) is 0 Å². The van der Waals surface area contributed by atoms with E-state index in [1.807, 2.05) is 36.4 Å². The van der Waals surface area contributed by atoms with Crippen molar-refractivity contribution >= 4 is 23.8 Å². The van der Waals surface area contributed by atoms with Crippen LogP contribution in [-0.2, 0) is 16.6 Å². The van der Waals surface area contributed by atoms with Gasteiger partial charge in [0.25, 0.3) is 5.91 Å². The van der Waals surface area contributed by atoms with E-state index in [1.54, 1.807) is 20.9 Å². The summed E-state index contributed by atoms with van der Waals surface area (Å²) >= 11 is 0. The van der Waals surface area contributed by atoms with Crippen molar-refractivity contribution in [2.45, 2.75) is 32.2 Å². The first kappa shape index (κ1) is 24.0. The van der Waals surface area contributed by atoms with E-state index >= 15 is 0 Å². The Morgan fingerprint density at radius 1 is 1.09 bits per heavy atom. The smallest absolute Gasteiger partial charge is 0.412 e. The fourth-order valence-corrected chi connectivity index (χ4v) is 4.39. The van der Waals surface area contributed by atoms with E-state index < -0.39 is 18.0 Å². The van der Waals surface area contributed by atoms with Crippen molar-refractivity contribution in [1.82, 2.24) is 14.7 Å². The van der Waals surface area contributed by atoms with Gasteiger partial charge in [-0.05, 0) is 36.1 Å². The average Bonchev–Trinajstić information content (AvgIpc) is 3.35. The summed E-state index contributed by atoms with van der Waals surface area (Å²) in [7, 11) is 1.60. The van der Waals surface area contributed by atoms with Crippen LogP contribution in [-0.4, -0.2) is 57.0 Å². The minimum absolute atomic E-state index is 0.0642. The Morgan fingerprint density at radius 2 is 1.69 bits per heavy atom. The molecule has 0 radical (unpaired) electrons. The SMILES string of the molecule is CC(C)N(CCC(=O)O)C(=O)c1cc(NC(=O)OCC2c3ccccc3-c3ccccc32)n(C)n1. The molecule has 9 heteroatoms. The highest BCUT2D eigenvalue weighted by molar-refractivity contribution is 5.94. The van der Waals surface area contributed by atoms with Crippen LogP contribution in [0.3, 0.4) is 0 Å². The molecule has 0 bridgehead atoms. The lowest BCUT2D eigenvalue weighted by molar-refractivity contribution is -0.137. The van der Waals surface area contributed by atoms with Gasteiger partial charge in [-0.15, -0.1) is 0 Å². The molecule has 0 saturated carbocycles. The zero-order chi connectivity index (χ0) is 25.1. The van der Waals surface area contributed by atoms with Gasteiger partial charge in [0.15, 0.2) is 5.69 Å². The number of carbonyl (C=O) groups excluding carboxylic acids is 2. The van der Waals surface area contributed by atoms with Crippen molar-refractivity contribution in [3.63, 3.8) is 0 Å². The molecule has 0 unspecified atom stereocenters. The maximum absolute atomic E-state index is 12.9. The number of hydrogen-bond acceptors (Lipinski definition) is 5. The summed E-state index contributed by atoms with van der Waals surface area (Å²) in [5.41, 5.74) is 4.63. The van der Waals surface area contributed by atoms with Gasteiger partial charge in [0.1, 0.15) is 12.4 Å². The van der Waals surface area contributed by atoms with Gasteiger partial charge in [0.05, 0.1) is 6.42 Å². The molecule has 1 heterocycles. The minimum atomic E-state index is -0.984. The molecular formula is C26H28N4O5. The summed E-state index contributed by atoms with van der Waals surface area (Å²) in [5, 5.41) is 15.8. The Morgan fingerprint density at radius 3 is 2.26 bits per heavy atom. The summed E-state index contributed by atoms with van der Waals surface area (Å²) in [6, 6.07) is 17.4. The van der Waals surface area contributed by atoms with E-state index in [1.165, 1.54) is 15.6 Å². The van der Waals surface area contributed by atoms with Crippen molar-refractivity contribution in [3.05, 3.63) is 71.4 Å². The van der Waals surface area contributed by atoms with E-state index in [4.69, 9.17) is 9.84 Å². The van der Waals surface area contributed by atoms with Crippen LogP contribution in [0.2, 0.25) is 0 Å². The molecule has 3 aromatic rings. The van der Waals surface area contributed by atoms with Crippen molar-refractivity contribution in [3.8, 4) is 11.1 Å². The zero-order valence-electron chi connectivity index (χ0n) is 19.9. The Labute approximate surface area is 203 Å². The van der Waals surface area contributed by atoms with Crippen LogP contribution in [0, 0.1) is 0 Å². The second-order valence-corrected chi connectivity index (χ2v) is 8.73. The summed E-state index contributed by atoms with van der Waals surface area (Å²) in [5.74, 6) is -1.15. The van der Waals surface area contributed by atoms with Crippen LogP contribution in [0.5, 0.6) is 0 Å². The third-order valence-electron chi connectivity index (χ3n) is 6.12. The summed E-state index contributed by atoms with van der Waals surface area (Å²) in [6.45, 7) is 3.84. The molecule has 0 saturated heterocycles. The van der Waals surface area contributed by atoms with Crippen LogP contribution < -0.4 is 5.32 Å². The van der Waals surface area contributed by atoms with Crippen molar-refractivity contribution < 1.29 is 24.2 Å². The molecule has 1 aromatic heterocycles. The molecule has 2 N–H and O–H groups in total. The fraction of sp³-hybridized carbons (Fsp3) is 0.308. The van der Waals surface area contributed by atoms with Crippen LogP contribution in [0.1, 0.15) is 47.8 Å². The quantitative estimate of drug-likeness (QED) is 0.506.